The summed E-state index contributed by atoms with van der Waals surface area (Å²) in [7, 11) is 0. The van der Waals surface area contributed by atoms with Crippen LogP contribution >= 0.6 is 0 Å². The van der Waals surface area contributed by atoms with Gasteiger partial charge in [0.1, 0.15) is 5.69 Å². The Hall–Kier alpha value is -2.30. The van der Waals surface area contributed by atoms with Crippen LogP contribution in [0.2, 0.25) is 0 Å². The van der Waals surface area contributed by atoms with E-state index in [4.69, 9.17) is 0 Å². The van der Waals surface area contributed by atoms with E-state index in [1.54, 1.807) is 11.1 Å². The topological polar surface area (TPSA) is 46.1 Å². The second-order valence-corrected chi connectivity index (χ2v) is 4.69. The molecule has 20 heavy (non-hydrogen) atoms. The van der Waals surface area contributed by atoms with Crippen LogP contribution in [-0.2, 0) is 6.54 Å². The van der Waals surface area contributed by atoms with Gasteiger partial charge in [0.25, 0.3) is 5.91 Å². The molecule has 0 saturated heterocycles. The molecule has 0 atom stereocenters. The largest absolute Gasteiger partial charge is 0.329 e. The van der Waals surface area contributed by atoms with E-state index in [1.807, 2.05) is 32.0 Å². The molecule has 2 aromatic rings. The lowest BCUT2D eigenvalue weighted by atomic mass is 10.2. The summed E-state index contributed by atoms with van der Waals surface area (Å²) >= 11 is 0. The zero-order chi connectivity index (χ0) is 14.5. The summed E-state index contributed by atoms with van der Waals surface area (Å²) in [6, 6.07) is 9.71. The summed E-state index contributed by atoms with van der Waals surface area (Å²) < 4.78 is 13.1. The molecule has 0 radical (unpaired) electrons. The summed E-state index contributed by atoms with van der Waals surface area (Å²) in [5, 5.41) is 0. The van der Waals surface area contributed by atoms with Gasteiger partial charge in [-0.25, -0.2) is 4.98 Å². The maximum atomic E-state index is 13.1. The summed E-state index contributed by atoms with van der Waals surface area (Å²) in [4.78, 5) is 21.9. The highest BCUT2D eigenvalue weighted by atomic mass is 19.1. The van der Waals surface area contributed by atoms with Gasteiger partial charge in [-0.2, -0.15) is 4.39 Å². The van der Waals surface area contributed by atoms with Gasteiger partial charge in [0, 0.05) is 12.2 Å². The summed E-state index contributed by atoms with van der Waals surface area (Å²) in [5.41, 5.74) is 0.889. The summed E-state index contributed by atoms with van der Waals surface area (Å²) in [5.74, 6) is -0.956. The quantitative estimate of drug-likeness (QED) is 0.805. The minimum atomic E-state index is -0.655. The van der Waals surface area contributed by atoms with Gasteiger partial charge in [-0.3, -0.25) is 9.78 Å². The van der Waals surface area contributed by atoms with Crippen molar-refractivity contribution >= 4 is 5.91 Å². The van der Waals surface area contributed by atoms with Crippen molar-refractivity contribution in [1.82, 2.24) is 14.9 Å². The Kier molecular flexibility index (Phi) is 4.40. The molecule has 0 aliphatic carbocycles. The number of hydrogen-bond donors (Lipinski definition) is 0. The van der Waals surface area contributed by atoms with Crippen LogP contribution in [0.5, 0.6) is 0 Å². The van der Waals surface area contributed by atoms with Crippen molar-refractivity contribution in [2.75, 3.05) is 0 Å². The predicted octanol–water partition coefficient (Wildman–Crippen LogP) is 2.67. The maximum absolute atomic E-state index is 13.1. The first kappa shape index (κ1) is 14.1. The molecule has 2 heterocycles. The number of carbonyl (C=O) groups excluding carboxylic acids is 1. The summed E-state index contributed by atoms with van der Waals surface area (Å²) in [6.45, 7) is 4.18. The van der Waals surface area contributed by atoms with Crippen LogP contribution in [0.25, 0.3) is 0 Å². The minimum absolute atomic E-state index is 0.0328. The Balaban J connectivity index is 2.23. The number of pyridine rings is 2. The zero-order valence-corrected chi connectivity index (χ0v) is 11.5. The Morgan fingerprint density at radius 2 is 2.05 bits per heavy atom. The van der Waals surface area contributed by atoms with E-state index in [-0.39, 0.29) is 17.6 Å². The molecule has 0 aliphatic rings. The van der Waals surface area contributed by atoms with E-state index in [0.717, 1.165) is 5.69 Å². The third kappa shape index (κ3) is 3.38. The predicted molar refractivity (Wildman–Crippen MR) is 73.4 cm³/mol. The number of carbonyl (C=O) groups is 1. The lowest BCUT2D eigenvalue weighted by Crippen LogP contribution is -2.37. The molecule has 0 fully saturated rings. The van der Waals surface area contributed by atoms with E-state index in [9.17, 15) is 9.18 Å². The molecule has 5 heteroatoms. The van der Waals surface area contributed by atoms with E-state index < -0.39 is 5.95 Å². The highest BCUT2D eigenvalue weighted by molar-refractivity contribution is 5.92. The fourth-order valence-electron chi connectivity index (χ4n) is 1.83. The maximum Gasteiger partial charge on any atom is 0.273 e. The number of halogens is 1. The standard InChI is InChI=1S/C15H16FN3O/c1-11(2)19(10-12-6-3-4-9-17-12)15(20)13-7-5-8-14(16)18-13/h3-9,11H,10H2,1-2H3. The van der Waals surface area contributed by atoms with Gasteiger partial charge in [-0.15, -0.1) is 0 Å². The molecule has 0 N–H and O–H groups in total. The van der Waals surface area contributed by atoms with Crippen LogP contribution < -0.4 is 0 Å². The lowest BCUT2D eigenvalue weighted by Gasteiger charge is -2.26. The summed E-state index contributed by atoms with van der Waals surface area (Å²) in [6.07, 6.45) is 1.68. The zero-order valence-electron chi connectivity index (χ0n) is 11.5. The molecule has 0 aliphatic heterocycles. The van der Waals surface area contributed by atoms with E-state index in [0.29, 0.717) is 6.54 Å². The minimum Gasteiger partial charge on any atom is -0.329 e. The van der Waals surface area contributed by atoms with Gasteiger partial charge in [0.2, 0.25) is 5.95 Å². The number of rotatable bonds is 4. The van der Waals surface area contributed by atoms with Crippen molar-refractivity contribution in [2.45, 2.75) is 26.4 Å². The molecule has 4 nitrogen and oxygen atoms in total. The molecular weight excluding hydrogens is 257 g/mol. The molecule has 1 amide bonds. The van der Waals surface area contributed by atoms with Gasteiger partial charge < -0.3 is 4.90 Å². The van der Waals surface area contributed by atoms with Crippen LogP contribution in [0, 0.1) is 5.95 Å². The smallest absolute Gasteiger partial charge is 0.273 e. The Bertz CT molecular complexity index is 587. The van der Waals surface area contributed by atoms with Crippen LogP contribution in [-0.4, -0.2) is 26.8 Å². The van der Waals surface area contributed by atoms with Gasteiger partial charge in [0.15, 0.2) is 0 Å². The average molecular weight is 273 g/mol. The number of hydrogen-bond acceptors (Lipinski definition) is 3. The third-order valence-corrected chi connectivity index (χ3v) is 2.88. The highest BCUT2D eigenvalue weighted by Gasteiger charge is 2.20. The fraction of sp³-hybridized carbons (Fsp3) is 0.267. The van der Waals surface area contributed by atoms with Gasteiger partial charge in [-0.1, -0.05) is 12.1 Å². The molecule has 0 unspecified atom stereocenters. The first-order chi connectivity index (χ1) is 9.58. The Labute approximate surface area is 117 Å². The second kappa shape index (κ2) is 6.23. The van der Waals surface area contributed by atoms with Crippen molar-refractivity contribution in [3.05, 3.63) is 59.9 Å². The molecule has 0 spiro atoms. The highest BCUT2D eigenvalue weighted by Crippen LogP contribution is 2.11. The molecule has 0 saturated carbocycles. The van der Waals surface area contributed by atoms with Crippen molar-refractivity contribution in [3.63, 3.8) is 0 Å². The fourth-order valence-corrected chi connectivity index (χ4v) is 1.83. The van der Waals surface area contributed by atoms with Crippen molar-refractivity contribution in [2.24, 2.45) is 0 Å². The van der Waals surface area contributed by atoms with Gasteiger partial charge in [0.05, 0.1) is 12.2 Å². The first-order valence-corrected chi connectivity index (χ1v) is 6.41. The Morgan fingerprint density at radius 3 is 2.65 bits per heavy atom. The Morgan fingerprint density at radius 1 is 1.25 bits per heavy atom. The molecule has 0 bridgehead atoms. The van der Waals surface area contributed by atoms with E-state index in [1.165, 1.54) is 18.2 Å². The van der Waals surface area contributed by atoms with Crippen molar-refractivity contribution in [3.8, 4) is 0 Å². The molecular formula is C15H16FN3O. The SMILES string of the molecule is CC(C)N(Cc1ccccn1)C(=O)c1cccc(F)n1. The monoisotopic (exact) mass is 273 g/mol. The average Bonchev–Trinajstić information content (AvgIpc) is 2.45. The molecule has 104 valence electrons. The van der Waals surface area contributed by atoms with Crippen LogP contribution in [0.3, 0.4) is 0 Å². The number of amides is 1. The van der Waals surface area contributed by atoms with Gasteiger partial charge in [-0.05, 0) is 38.1 Å². The van der Waals surface area contributed by atoms with Crippen LogP contribution in [0.4, 0.5) is 4.39 Å². The first-order valence-electron chi connectivity index (χ1n) is 6.41. The normalized spacial score (nSPS) is 10.6. The lowest BCUT2D eigenvalue weighted by molar-refractivity contribution is 0.0680. The number of aromatic nitrogens is 2. The third-order valence-electron chi connectivity index (χ3n) is 2.88. The molecule has 0 aromatic carbocycles. The van der Waals surface area contributed by atoms with Crippen LogP contribution in [0.15, 0.2) is 42.6 Å². The number of nitrogens with zero attached hydrogens (tertiary/aromatic N) is 3. The molecule has 2 aromatic heterocycles. The second-order valence-electron chi connectivity index (χ2n) is 4.69. The van der Waals surface area contributed by atoms with Crippen molar-refractivity contribution < 1.29 is 9.18 Å². The van der Waals surface area contributed by atoms with Crippen LogP contribution in [0.1, 0.15) is 30.0 Å². The van der Waals surface area contributed by atoms with E-state index in [2.05, 4.69) is 9.97 Å². The molecule has 2 rings (SSSR count). The van der Waals surface area contributed by atoms with Crippen molar-refractivity contribution in [1.29, 1.82) is 0 Å². The van der Waals surface area contributed by atoms with E-state index >= 15 is 0 Å². The van der Waals surface area contributed by atoms with Gasteiger partial charge >= 0.3 is 0 Å².